The summed E-state index contributed by atoms with van der Waals surface area (Å²) in [4.78, 5) is 11.4. The smallest absolute Gasteiger partial charge is 0.158 e. The molecular formula is C10H16O3. The maximum Gasteiger partial charge on any atom is 0.158 e. The Hall–Kier alpha value is -0.670. The van der Waals surface area contributed by atoms with Crippen LogP contribution in [0.5, 0.6) is 0 Å². The van der Waals surface area contributed by atoms with Gasteiger partial charge in [0, 0.05) is 11.8 Å². The molecule has 2 N–H and O–H groups in total. The minimum Gasteiger partial charge on any atom is -0.390 e. The molecule has 13 heavy (non-hydrogen) atoms. The van der Waals surface area contributed by atoms with Gasteiger partial charge in [-0.15, -0.1) is 0 Å². The standard InChI is InChI=1S/C10H16O3/c1-6-4-7(11)9(13)10(2,3)5-8(6)12/h4,7,9,11,13H,5H2,1-3H3. The molecule has 0 heterocycles. The fourth-order valence-corrected chi connectivity index (χ4v) is 1.56. The van der Waals surface area contributed by atoms with Gasteiger partial charge in [-0.25, -0.2) is 0 Å². The monoisotopic (exact) mass is 184 g/mol. The molecule has 0 radical (unpaired) electrons. The first kappa shape index (κ1) is 10.4. The number of allylic oxidation sites excluding steroid dienone is 1. The predicted molar refractivity (Wildman–Crippen MR) is 49.2 cm³/mol. The molecule has 2 unspecified atom stereocenters. The Morgan fingerprint density at radius 3 is 2.54 bits per heavy atom. The summed E-state index contributed by atoms with van der Waals surface area (Å²) in [5.41, 5.74) is -0.0118. The van der Waals surface area contributed by atoms with Gasteiger partial charge < -0.3 is 10.2 Å². The molecule has 0 amide bonds. The summed E-state index contributed by atoms with van der Waals surface area (Å²) >= 11 is 0. The second-order valence-corrected chi connectivity index (χ2v) is 4.37. The Morgan fingerprint density at radius 1 is 1.46 bits per heavy atom. The zero-order valence-corrected chi connectivity index (χ0v) is 8.24. The van der Waals surface area contributed by atoms with E-state index in [1.54, 1.807) is 20.8 Å². The Kier molecular flexibility index (Phi) is 2.59. The molecule has 0 saturated heterocycles. The molecule has 0 bridgehead atoms. The average molecular weight is 184 g/mol. The first-order chi connectivity index (χ1) is 5.84. The third kappa shape index (κ3) is 1.98. The fourth-order valence-electron chi connectivity index (χ4n) is 1.56. The van der Waals surface area contributed by atoms with Gasteiger partial charge in [-0.05, 0) is 18.6 Å². The number of aliphatic hydroxyl groups excluding tert-OH is 2. The summed E-state index contributed by atoms with van der Waals surface area (Å²) in [6.45, 7) is 5.23. The minimum atomic E-state index is -0.929. The third-order valence-corrected chi connectivity index (χ3v) is 2.60. The topological polar surface area (TPSA) is 57.5 Å². The zero-order chi connectivity index (χ0) is 10.2. The molecule has 0 aliphatic heterocycles. The summed E-state index contributed by atoms with van der Waals surface area (Å²) in [5, 5.41) is 19.2. The van der Waals surface area contributed by atoms with Crippen molar-refractivity contribution in [3.63, 3.8) is 0 Å². The van der Waals surface area contributed by atoms with E-state index in [9.17, 15) is 15.0 Å². The van der Waals surface area contributed by atoms with E-state index in [0.29, 0.717) is 5.57 Å². The summed E-state index contributed by atoms with van der Waals surface area (Å²) in [5.74, 6) is 0.000556. The van der Waals surface area contributed by atoms with Gasteiger partial charge in [0.2, 0.25) is 0 Å². The number of carbonyl (C=O) groups excluding carboxylic acids is 1. The quantitative estimate of drug-likeness (QED) is 0.581. The van der Waals surface area contributed by atoms with Crippen molar-refractivity contribution < 1.29 is 15.0 Å². The van der Waals surface area contributed by atoms with Crippen molar-refractivity contribution in [1.82, 2.24) is 0 Å². The summed E-state index contributed by atoms with van der Waals surface area (Å²) in [6, 6.07) is 0. The van der Waals surface area contributed by atoms with Crippen LogP contribution in [0.1, 0.15) is 27.2 Å². The number of hydrogen-bond donors (Lipinski definition) is 2. The zero-order valence-electron chi connectivity index (χ0n) is 8.24. The van der Waals surface area contributed by atoms with Crippen LogP contribution in [0, 0.1) is 5.41 Å². The van der Waals surface area contributed by atoms with E-state index in [2.05, 4.69) is 0 Å². The molecule has 1 aliphatic carbocycles. The van der Waals surface area contributed by atoms with Gasteiger partial charge in [0.05, 0.1) is 12.2 Å². The van der Waals surface area contributed by atoms with Gasteiger partial charge in [-0.3, -0.25) is 4.79 Å². The lowest BCUT2D eigenvalue weighted by Gasteiger charge is -2.29. The number of aliphatic hydroxyl groups is 2. The van der Waals surface area contributed by atoms with E-state index in [-0.39, 0.29) is 12.2 Å². The van der Waals surface area contributed by atoms with Crippen molar-refractivity contribution >= 4 is 5.78 Å². The summed E-state index contributed by atoms with van der Waals surface area (Å²) < 4.78 is 0. The van der Waals surface area contributed by atoms with Crippen molar-refractivity contribution in [2.45, 2.75) is 39.4 Å². The maximum absolute atomic E-state index is 11.4. The van der Waals surface area contributed by atoms with Crippen LogP contribution in [-0.4, -0.2) is 28.2 Å². The van der Waals surface area contributed by atoms with Crippen LogP contribution in [0.25, 0.3) is 0 Å². The van der Waals surface area contributed by atoms with Gasteiger partial charge in [-0.1, -0.05) is 13.8 Å². The highest BCUT2D eigenvalue weighted by atomic mass is 16.3. The highest BCUT2D eigenvalue weighted by Crippen LogP contribution is 2.32. The molecule has 1 rings (SSSR count). The van der Waals surface area contributed by atoms with E-state index in [4.69, 9.17) is 0 Å². The first-order valence-electron chi connectivity index (χ1n) is 4.42. The molecular weight excluding hydrogens is 168 g/mol. The molecule has 3 heteroatoms. The maximum atomic E-state index is 11.4. The largest absolute Gasteiger partial charge is 0.390 e. The summed E-state index contributed by atoms with van der Waals surface area (Å²) in [6.07, 6.45) is -0.0784. The predicted octanol–water partition coefficient (Wildman–Crippen LogP) is 0.654. The van der Waals surface area contributed by atoms with E-state index in [1.165, 1.54) is 6.08 Å². The van der Waals surface area contributed by atoms with Crippen molar-refractivity contribution in [2.24, 2.45) is 5.41 Å². The van der Waals surface area contributed by atoms with Crippen molar-refractivity contribution in [3.8, 4) is 0 Å². The minimum absolute atomic E-state index is 0.000556. The first-order valence-corrected chi connectivity index (χ1v) is 4.42. The average Bonchev–Trinajstić information content (AvgIpc) is 2.05. The second-order valence-electron chi connectivity index (χ2n) is 4.37. The van der Waals surface area contributed by atoms with Crippen LogP contribution >= 0.6 is 0 Å². The van der Waals surface area contributed by atoms with Crippen LogP contribution in [0.4, 0.5) is 0 Å². The van der Waals surface area contributed by atoms with Crippen LogP contribution in [0.15, 0.2) is 11.6 Å². The van der Waals surface area contributed by atoms with E-state index in [1.807, 2.05) is 0 Å². The molecule has 1 aliphatic rings. The molecule has 0 aromatic carbocycles. The van der Waals surface area contributed by atoms with Gasteiger partial charge in [0.15, 0.2) is 5.78 Å². The number of hydrogen-bond acceptors (Lipinski definition) is 3. The molecule has 74 valence electrons. The number of ketones is 1. The van der Waals surface area contributed by atoms with Gasteiger partial charge in [-0.2, -0.15) is 0 Å². The Morgan fingerprint density at radius 2 is 2.00 bits per heavy atom. The van der Waals surface area contributed by atoms with E-state index >= 15 is 0 Å². The number of carbonyl (C=O) groups is 1. The van der Waals surface area contributed by atoms with E-state index in [0.717, 1.165) is 0 Å². The Bertz CT molecular complexity index is 253. The lowest BCUT2D eigenvalue weighted by molar-refractivity contribution is -0.119. The van der Waals surface area contributed by atoms with Crippen molar-refractivity contribution in [1.29, 1.82) is 0 Å². The van der Waals surface area contributed by atoms with Crippen molar-refractivity contribution in [2.75, 3.05) is 0 Å². The lowest BCUT2D eigenvalue weighted by Crippen LogP contribution is -2.38. The SMILES string of the molecule is CC1=CC(O)C(O)C(C)(C)CC1=O. The van der Waals surface area contributed by atoms with Crippen LogP contribution in [0.2, 0.25) is 0 Å². The molecule has 0 aromatic rings. The molecule has 0 saturated carbocycles. The number of Topliss-reactive ketones (excluding diaryl/α,β-unsaturated/α-hetero) is 1. The van der Waals surface area contributed by atoms with Crippen LogP contribution < -0.4 is 0 Å². The molecule has 0 fully saturated rings. The highest BCUT2D eigenvalue weighted by molar-refractivity contribution is 5.95. The molecule has 3 nitrogen and oxygen atoms in total. The lowest BCUT2D eigenvalue weighted by atomic mass is 9.81. The van der Waals surface area contributed by atoms with Crippen LogP contribution in [-0.2, 0) is 4.79 Å². The van der Waals surface area contributed by atoms with Gasteiger partial charge in [0.25, 0.3) is 0 Å². The normalized spacial score (nSPS) is 33.9. The highest BCUT2D eigenvalue weighted by Gasteiger charge is 2.37. The Balaban J connectivity index is 3.00. The van der Waals surface area contributed by atoms with E-state index < -0.39 is 17.6 Å². The Labute approximate surface area is 78.1 Å². The van der Waals surface area contributed by atoms with Crippen molar-refractivity contribution in [3.05, 3.63) is 11.6 Å². The molecule has 2 atom stereocenters. The fraction of sp³-hybridized carbons (Fsp3) is 0.700. The van der Waals surface area contributed by atoms with Gasteiger partial charge >= 0.3 is 0 Å². The second kappa shape index (κ2) is 3.24. The van der Waals surface area contributed by atoms with Crippen LogP contribution in [0.3, 0.4) is 0 Å². The molecule has 0 aromatic heterocycles. The van der Waals surface area contributed by atoms with Gasteiger partial charge in [0.1, 0.15) is 0 Å². The third-order valence-electron chi connectivity index (χ3n) is 2.60. The number of rotatable bonds is 0. The molecule has 0 spiro atoms. The summed E-state index contributed by atoms with van der Waals surface area (Å²) in [7, 11) is 0.